The maximum Gasteiger partial charge on any atom is 0.345 e. The molecule has 0 radical (unpaired) electrons. The first-order chi connectivity index (χ1) is 8.18. The van der Waals surface area contributed by atoms with Crippen LogP contribution in [0.2, 0.25) is 0 Å². The molecular formula is C13H12O4. The summed E-state index contributed by atoms with van der Waals surface area (Å²) in [5.41, 5.74) is 0.847. The summed E-state index contributed by atoms with van der Waals surface area (Å²) >= 11 is 0. The summed E-state index contributed by atoms with van der Waals surface area (Å²) in [5.74, 6) is -1.34. The average Bonchev–Trinajstić information content (AvgIpc) is 2.67. The van der Waals surface area contributed by atoms with Gasteiger partial charge < -0.3 is 9.84 Å². The number of ketones is 1. The number of aliphatic hydroxyl groups is 1. The maximum atomic E-state index is 11.3. The van der Waals surface area contributed by atoms with E-state index in [1.165, 1.54) is 0 Å². The lowest BCUT2D eigenvalue weighted by molar-refractivity contribution is -0.135. The Kier molecular flexibility index (Phi) is 3.23. The van der Waals surface area contributed by atoms with Crippen LogP contribution in [-0.4, -0.2) is 23.5 Å². The monoisotopic (exact) mass is 232 g/mol. The highest BCUT2D eigenvalue weighted by Gasteiger charge is 2.31. The molecule has 1 aliphatic heterocycles. The van der Waals surface area contributed by atoms with Crippen LogP contribution in [0, 0.1) is 0 Å². The summed E-state index contributed by atoms with van der Waals surface area (Å²) in [6.07, 6.45) is 0.844. The Balaban J connectivity index is 2.07. The van der Waals surface area contributed by atoms with Gasteiger partial charge in [-0.2, -0.15) is 0 Å². The van der Waals surface area contributed by atoms with Crippen LogP contribution in [0.4, 0.5) is 0 Å². The van der Waals surface area contributed by atoms with Crippen molar-refractivity contribution in [3.63, 3.8) is 0 Å². The molecule has 1 aromatic rings. The predicted molar refractivity (Wildman–Crippen MR) is 60.4 cm³/mol. The van der Waals surface area contributed by atoms with Crippen LogP contribution >= 0.6 is 0 Å². The summed E-state index contributed by atoms with van der Waals surface area (Å²) in [4.78, 5) is 22.5. The zero-order chi connectivity index (χ0) is 12.3. The molecule has 0 spiro atoms. The van der Waals surface area contributed by atoms with Gasteiger partial charge in [0.05, 0.1) is 0 Å². The number of rotatable bonds is 3. The van der Waals surface area contributed by atoms with Gasteiger partial charge in [-0.15, -0.1) is 0 Å². The Labute approximate surface area is 98.5 Å². The largest absolute Gasteiger partial charge is 0.511 e. The van der Waals surface area contributed by atoms with Crippen LogP contribution in [0.25, 0.3) is 0 Å². The van der Waals surface area contributed by atoms with Crippen molar-refractivity contribution in [2.75, 3.05) is 6.61 Å². The van der Waals surface area contributed by atoms with Gasteiger partial charge in [-0.25, -0.2) is 4.79 Å². The van der Waals surface area contributed by atoms with Crippen molar-refractivity contribution in [2.45, 2.75) is 12.8 Å². The Morgan fingerprint density at radius 1 is 1.24 bits per heavy atom. The van der Waals surface area contributed by atoms with Crippen molar-refractivity contribution in [2.24, 2.45) is 0 Å². The van der Waals surface area contributed by atoms with Crippen LogP contribution in [-0.2, 0) is 20.7 Å². The number of allylic oxidation sites excluding steroid dienone is 1. The van der Waals surface area contributed by atoms with E-state index in [0.717, 1.165) is 5.56 Å². The van der Waals surface area contributed by atoms with E-state index in [9.17, 15) is 14.7 Å². The number of benzene rings is 1. The molecule has 17 heavy (non-hydrogen) atoms. The van der Waals surface area contributed by atoms with Crippen molar-refractivity contribution in [1.29, 1.82) is 0 Å². The molecule has 0 aromatic heterocycles. The van der Waals surface area contributed by atoms with E-state index in [0.29, 0.717) is 6.42 Å². The first kappa shape index (κ1) is 11.4. The third-order valence-corrected chi connectivity index (χ3v) is 2.60. The maximum absolute atomic E-state index is 11.3. The molecule has 4 heteroatoms. The molecular weight excluding hydrogens is 220 g/mol. The molecule has 1 fully saturated rings. The van der Waals surface area contributed by atoms with E-state index in [-0.39, 0.29) is 24.4 Å². The summed E-state index contributed by atoms with van der Waals surface area (Å²) < 4.78 is 4.54. The number of carbonyl (C=O) groups is 2. The molecule has 1 aliphatic rings. The number of aliphatic hydroxyl groups excluding tert-OH is 1. The van der Waals surface area contributed by atoms with Crippen LogP contribution in [0.5, 0.6) is 0 Å². The lowest BCUT2D eigenvalue weighted by atomic mass is 10.1. The number of carbonyl (C=O) groups excluding carboxylic acids is 2. The highest BCUT2D eigenvalue weighted by molar-refractivity contribution is 6.22. The van der Waals surface area contributed by atoms with Gasteiger partial charge >= 0.3 is 5.97 Å². The molecule has 1 heterocycles. The normalized spacial score (nSPS) is 18.1. The third-order valence-electron chi connectivity index (χ3n) is 2.60. The fourth-order valence-corrected chi connectivity index (χ4v) is 1.70. The van der Waals surface area contributed by atoms with Crippen LogP contribution < -0.4 is 0 Å². The van der Waals surface area contributed by atoms with Crippen molar-refractivity contribution in [3.8, 4) is 0 Å². The molecule has 4 nitrogen and oxygen atoms in total. The number of ether oxygens (including phenoxy) is 1. The second-order valence-electron chi connectivity index (χ2n) is 3.81. The predicted octanol–water partition coefficient (Wildman–Crippen LogP) is 1.56. The lowest BCUT2D eigenvalue weighted by Crippen LogP contribution is -2.06. The number of hydrogen-bond donors (Lipinski definition) is 1. The molecule has 0 aliphatic carbocycles. The smallest absolute Gasteiger partial charge is 0.345 e. The molecule has 1 N–H and O–H groups in total. The number of esters is 1. The topological polar surface area (TPSA) is 63.6 Å². The number of cyclic esters (lactones) is 1. The van der Waals surface area contributed by atoms with Gasteiger partial charge in [-0.05, 0) is 12.0 Å². The van der Waals surface area contributed by atoms with Crippen LogP contribution in [0.1, 0.15) is 12.0 Å². The second-order valence-corrected chi connectivity index (χ2v) is 3.81. The Bertz CT molecular complexity index is 455. The molecule has 1 saturated heterocycles. The molecule has 0 unspecified atom stereocenters. The fourth-order valence-electron chi connectivity index (χ4n) is 1.70. The van der Waals surface area contributed by atoms with E-state index in [1.54, 1.807) is 0 Å². The highest BCUT2D eigenvalue weighted by Crippen LogP contribution is 2.17. The van der Waals surface area contributed by atoms with Gasteiger partial charge in [0.2, 0.25) is 5.78 Å². The minimum absolute atomic E-state index is 0.179. The van der Waals surface area contributed by atoms with Crippen molar-refractivity contribution < 1.29 is 19.4 Å². The van der Waals surface area contributed by atoms with Gasteiger partial charge in [0.1, 0.15) is 11.3 Å². The van der Waals surface area contributed by atoms with Gasteiger partial charge in [-0.1, -0.05) is 30.3 Å². The quantitative estimate of drug-likeness (QED) is 0.372. The average molecular weight is 232 g/mol. The second kappa shape index (κ2) is 4.82. The van der Waals surface area contributed by atoms with E-state index in [1.807, 2.05) is 30.3 Å². The molecule has 1 aromatic carbocycles. The van der Waals surface area contributed by atoms with Gasteiger partial charge in [0.25, 0.3) is 0 Å². The number of Topliss-reactive ketones (excluding diaryl/α,β-unsaturated/α-hetero) is 1. The van der Waals surface area contributed by atoms with Crippen molar-refractivity contribution in [1.82, 2.24) is 0 Å². The summed E-state index contributed by atoms with van der Waals surface area (Å²) in [6.45, 7) is -0.260. The molecule has 0 bridgehead atoms. The molecule has 0 amide bonds. The summed E-state index contributed by atoms with van der Waals surface area (Å²) in [7, 11) is 0. The lowest BCUT2D eigenvalue weighted by Gasteiger charge is -2.02. The number of hydrogen-bond acceptors (Lipinski definition) is 4. The number of aryl methyl sites for hydroxylation is 1. The Morgan fingerprint density at radius 2 is 1.94 bits per heavy atom. The van der Waals surface area contributed by atoms with E-state index in [2.05, 4.69) is 4.74 Å². The third kappa shape index (κ3) is 2.53. The fraction of sp³-hybridized carbons (Fsp3) is 0.231. The van der Waals surface area contributed by atoms with Crippen molar-refractivity contribution in [3.05, 3.63) is 47.2 Å². The minimum atomic E-state index is -0.722. The first-order valence-electron chi connectivity index (χ1n) is 5.35. The van der Waals surface area contributed by atoms with Gasteiger partial charge in [-0.3, -0.25) is 4.79 Å². The molecule has 88 valence electrons. The van der Waals surface area contributed by atoms with Gasteiger partial charge in [0, 0.05) is 6.42 Å². The summed E-state index contributed by atoms with van der Waals surface area (Å²) in [6, 6.07) is 9.54. The minimum Gasteiger partial charge on any atom is -0.511 e. The SMILES string of the molecule is O=C1COC(=O)C1=C(O)CCc1ccccc1. The van der Waals surface area contributed by atoms with Gasteiger partial charge in [0.15, 0.2) is 6.61 Å². The zero-order valence-electron chi connectivity index (χ0n) is 9.18. The van der Waals surface area contributed by atoms with E-state index < -0.39 is 11.8 Å². The first-order valence-corrected chi connectivity index (χ1v) is 5.35. The van der Waals surface area contributed by atoms with E-state index in [4.69, 9.17) is 0 Å². The molecule has 0 saturated carbocycles. The van der Waals surface area contributed by atoms with Crippen LogP contribution in [0.3, 0.4) is 0 Å². The van der Waals surface area contributed by atoms with Crippen molar-refractivity contribution >= 4 is 11.8 Å². The molecule has 0 atom stereocenters. The van der Waals surface area contributed by atoms with E-state index >= 15 is 0 Å². The highest BCUT2D eigenvalue weighted by atomic mass is 16.5. The zero-order valence-corrected chi connectivity index (χ0v) is 9.18. The standard InChI is InChI=1S/C13H12O4/c14-10(12-11(15)8-17-13(12)16)7-6-9-4-2-1-3-5-9/h1-5,14H,6-8H2. The summed E-state index contributed by atoms with van der Waals surface area (Å²) in [5, 5.41) is 9.71. The Hall–Kier alpha value is -2.10. The molecule has 2 rings (SSSR count). The van der Waals surface area contributed by atoms with Crippen LogP contribution in [0.15, 0.2) is 41.7 Å². The Morgan fingerprint density at radius 3 is 2.53 bits per heavy atom.